The normalized spacial score (nSPS) is 11.4. The lowest BCUT2D eigenvalue weighted by Gasteiger charge is -2.17. The van der Waals surface area contributed by atoms with E-state index in [0.29, 0.717) is 4.74 Å². The first-order valence-electron chi connectivity index (χ1n) is 6.20. The van der Waals surface area contributed by atoms with E-state index >= 15 is 0 Å². The summed E-state index contributed by atoms with van der Waals surface area (Å²) in [5.41, 5.74) is 1.63. The molecule has 4 nitrogen and oxygen atoms in total. The molecule has 0 unspecified atom stereocenters. The molecule has 0 saturated heterocycles. The predicted molar refractivity (Wildman–Crippen MR) is 76.4 cm³/mol. The summed E-state index contributed by atoms with van der Waals surface area (Å²) in [6.07, 6.45) is 0.921. The van der Waals surface area contributed by atoms with Crippen LogP contribution < -0.4 is 0 Å². The van der Waals surface area contributed by atoms with Crippen LogP contribution >= 0.6 is 0 Å². The van der Waals surface area contributed by atoms with E-state index in [4.69, 9.17) is 0 Å². The molecular formula is C16H15NO3. The highest BCUT2D eigenvalue weighted by molar-refractivity contribution is 6.20. The van der Waals surface area contributed by atoms with E-state index in [1.54, 1.807) is 0 Å². The third kappa shape index (κ3) is 3.23. The van der Waals surface area contributed by atoms with Crippen LogP contribution in [0.5, 0.6) is 0 Å². The SMILES string of the molecule is COC(=O)/C=[N+](/[O-])C(c1ccccc1)c1ccccc1. The van der Waals surface area contributed by atoms with Gasteiger partial charge >= 0.3 is 5.97 Å². The fourth-order valence-electron chi connectivity index (χ4n) is 1.99. The van der Waals surface area contributed by atoms with Crippen molar-refractivity contribution in [3.05, 3.63) is 77.0 Å². The van der Waals surface area contributed by atoms with Crippen LogP contribution in [-0.4, -0.2) is 24.0 Å². The number of rotatable bonds is 4. The van der Waals surface area contributed by atoms with Crippen LogP contribution in [0.15, 0.2) is 60.7 Å². The molecule has 0 atom stereocenters. The van der Waals surface area contributed by atoms with Gasteiger partial charge in [-0.3, -0.25) is 0 Å². The van der Waals surface area contributed by atoms with Gasteiger partial charge in [-0.05, 0) is 0 Å². The molecule has 0 spiro atoms. The number of carbonyl (C=O) groups excluding carboxylic acids is 1. The molecule has 0 saturated carbocycles. The molecule has 0 radical (unpaired) electrons. The topological polar surface area (TPSA) is 52.4 Å². The summed E-state index contributed by atoms with van der Waals surface area (Å²) in [6.45, 7) is 0. The lowest BCUT2D eigenvalue weighted by Crippen LogP contribution is -2.20. The van der Waals surface area contributed by atoms with Gasteiger partial charge in [0, 0.05) is 11.1 Å². The first-order valence-corrected chi connectivity index (χ1v) is 6.20. The zero-order valence-corrected chi connectivity index (χ0v) is 11.1. The highest BCUT2D eigenvalue weighted by Crippen LogP contribution is 2.24. The highest BCUT2D eigenvalue weighted by Gasteiger charge is 2.22. The molecule has 4 heteroatoms. The number of benzene rings is 2. The molecule has 0 bridgehead atoms. The van der Waals surface area contributed by atoms with Crippen LogP contribution in [0, 0.1) is 5.21 Å². The van der Waals surface area contributed by atoms with Crippen LogP contribution in [0.25, 0.3) is 0 Å². The second-order valence-corrected chi connectivity index (χ2v) is 4.24. The van der Waals surface area contributed by atoms with Crippen LogP contribution in [0.3, 0.4) is 0 Å². The van der Waals surface area contributed by atoms with E-state index in [9.17, 15) is 10.0 Å². The van der Waals surface area contributed by atoms with Crippen LogP contribution in [-0.2, 0) is 9.53 Å². The molecule has 0 aliphatic carbocycles. The lowest BCUT2D eigenvalue weighted by atomic mass is 9.99. The van der Waals surface area contributed by atoms with Gasteiger partial charge in [-0.2, -0.15) is 4.74 Å². The molecular weight excluding hydrogens is 254 g/mol. The van der Waals surface area contributed by atoms with Crippen LogP contribution in [0.2, 0.25) is 0 Å². The Balaban J connectivity index is 2.45. The Bertz CT molecular complexity index is 554. The predicted octanol–water partition coefficient (Wildman–Crippen LogP) is 2.53. The molecule has 2 rings (SSSR count). The fourth-order valence-corrected chi connectivity index (χ4v) is 1.99. The van der Waals surface area contributed by atoms with Crippen molar-refractivity contribution < 1.29 is 14.3 Å². The molecule has 0 N–H and O–H groups in total. The van der Waals surface area contributed by atoms with Crippen molar-refractivity contribution in [3.8, 4) is 0 Å². The van der Waals surface area contributed by atoms with Gasteiger partial charge in [-0.15, -0.1) is 0 Å². The quantitative estimate of drug-likeness (QED) is 0.282. The Kier molecular flexibility index (Phi) is 4.50. The summed E-state index contributed by atoms with van der Waals surface area (Å²) in [7, 11) is 1.24. The van der Waals surface area contributed by atoms with Gasteiger partial charge in [0.1, 0.15) is 0 Å². The first kappa shape index (κ1) is 13.8. The number of hydroxylamine groups is 1. The number of ether oxygens (including phenoxy) is 1. The lowest BCUT2D eigenvalue weighted by molar-refractivity contribution is -0.490. The number of nitrogens with zero attached hydrogens (tertiary/aromatic N) is 1. The average Bonchev–Trinajstić information content (AvgIpc) is 2.49. The average molecular weight is 269 g/mol. The monoisotopic (exact) mass is 269 g/mol. The third-order valence-corrected chi connectivity index (χ3v) is 2.92. The van der Waals surface area contributed by atoms with Gasteiger partial charge in [-0.1, -0.05) is 60.7 Å². The smallest absolute Gasteiger partial charge is 0.396 e. The maximum atomic E-state index is 12.3. The molecule has 0 amide bonds. The van der Waals surface area contributed by atoms with Crippen molar-refractivity contribution in [1.82, 2.24) is 0 Å². The van der Waals surface area contributed by atoms with E-state index in [-0.39, 0.29) is 0 Å². The number of methoxy groups -OCH3 is 1. The fraction of sp³-hybridized carbons (Fsp3) is 0.125. The minimum Gasteiger partial charge on any atom is -0.623 e. The minimum absolute atomic E-state index is 0.573. The number of esters is 1. The van der Waals surface area contributed by atoms with Crippen molar-refractivity contribution in [2.24, 2.45) is 0 Å². The molecule has 102 valence electrons. The zero-order valence-electron chi connectivity index (χ0n) is 11.1. The van der Waals surface area contributed by atoms with Gasteiger partial charge in [0.2, 0.25) is 6.04 Å². The Morgan fingerprint density at radius 2 is 1.50 bits per heavy atom. The van der Waals surface area contributed by atoms with Crippen molar-refractivity contribution in [2.45, 2.75) is 6.04 Å². The van der Waals surface area contributed by atoms with Crippen molar-refractivity contribution in [3.63, 3.8) is 0 Å². The number of hydrogen-bond acceptors (Lipinski definition) is 3. The van der Waals surface area contributed by atoms with E-state index in [2.05, 4.69) is 4.74 Å². The largest absolute Gasteiger partial charge is 0.623 e. The zero-order chi connectivity index (χ0) is 14.4. The molecule has 2 aromatic rings. The van der Waals surface area contributed by atoms with Gasteiger partial charge < -0.3 is 9.94 Å². The van der Waals surface area contributed by atoms with Gasteiger partial charge in [0.05, 0.1) is 7.11 Å². The van der Waals surface area contributed by atoms with Crippen molar-refractivity contribution >= 4 is 12.2 Å². The van der Waals surface area contributed by atoms with Crippen LogP contribution in [0.4, 0.5) is 0 Å². The Labute approximate surface area is 117 Å². The maximum Gasteiger partial charge on any atom is 0.396 e. The second-order valence-electron chi connectivity index (χ2n) is 4.24. The summed E-state index contributed by atoms with van der Waals surface area (Å²) in [5, 5.41) is 12.3. The van der Waals surface area contributed by atoms with Crippen molar-refractivity contribution in [1.29, 1.82) is 0 Å². The number of carbonyl (C=O) groups is 1. The summed E-state index contributed by atoms with van der Waals surface area (Å²) in [4.78, 5) is 11.3. The molecule has 0 aliphatic rings. The molecule has 0 aliphatic heterocycles. The molecule has 0 fully saturated rings. The molecule has 20 heavy (non-hydrogen) atoms. The summed E-state index contributed by atoms with van der Waals surface area (Å²) in [5.74, 6) is -0.670. The summed E-state index contributed by atoms with van der Waals surface area (Å²) >= 11 is 0. The maximum absolute atomic E-state index is 12.3. The third-order valence-electron chi connectivity index (χ3n) is 2.92. The van der Waals surface area contributed by atoms with Gasteiger partial charge in [-0.25, -0.2) is 4.79 Å². The highest BCUT2D eigenvalue weighted by atomic mass is 16.5. The molecule has 0 aromatic heterocycles. The Morgan fingerprint density at radius 1 is 1.05 bits per heavy atom. The van der Waals surface area contributed by atoms with E-state index < -0.39 is 12.0 Å². The van der Waals surface area contributed by atoms with E-state index in [1.165, 1.54) is 7.11 Å². The van der Waals surface area contributed by atoms with Gasteiger partial charge in [0.15, 0.2) is 0 Å². The Morgan fingerprint density at radius 3 is 1.90 bits per heavy atom. The minimum atomic E-state index is -0.670. The summed E-state index contributed by atoms with van der Waals surface area (Å²) < 4.78 is 5.13. The second kappa shape index (κ2) is 6.52. The van der Waals surface area contributed by atoms with E-state index in [1.807, 2.05) is 60.7 Å². The van der Waals surface area contributed by atoms with Crippen molar-refractivity contribution in [2.75, 3.05) is 7.11 Å². The summed E-state index contributed by atoms with van der Waals surface area (Å²) in [6, 6.07) is 18.0. The first-order chi connectivity index (χ1) is 9.72. The molecule has 2 aromatic carbocycles. The number of hydrogen-bond donors (Lipinski definition) is 0. The Hall–Kier alpha value is -2.62. The molecule has 0 heterocycles. The standard InChI is InChI=1S/C16H15NO3/c1-20-15(18)12-17(19)16(13-8-4-2-5-9-13)14-10-6-3-7-11-14/h2-12,16H,1H3/b17-12+. The van der Waals surface area contributed by atoms with E-state index in [0.717, 1.165) is 17.3 Å². The van der Waals surface area contributed by atoms with Gasteiger partial charge in [0.25, 0.3) is 6.21 Å². The van der Waals surface area contributed by atoms with Crippen LogP contribution in [0.1, 0.15) is 17.2 Å².